The number of methoxy groups -OCH3 is 1. The van der Waals surface area contributed by atoms with Crippen molar-refractivity contribution in [3.63, 3.8) is 0 Å². The first-order valence-electron chi connectivity index (χ1n) is 7.15. The number of aryl methyl sites for hydroxylation is 1. The van der Waals surface area contributed by atoms with Crippen LogP contribution < -0.4 is 9.54 Å². The van der Waals surface area contributed by atoms with Gasteiger partial charge in [0.2, 0.25) is 5.76 Å². The van der Waals surface area contributed by atoms with Gasteiger partial charge in [0, 0.05) is 6.54 Å². The van der Waals surface area contributed by atoms with E-state index in [1.54, 1.807) is 23.8 Å². The minimum Gasteiger partial charge on any atom is -0.495 e. The SMILES string of the molecule is CCn1c(=NC(=O)c2ccc([N+](=O)[O-])o2)sc2c(Cl)ccc(OC)c21. The third-order valence-corrected chi connectivity index (χ3v) is 5.00. The van der Waals surface area contributed by atoms with Crippen LogP contribution in [-0.4, -0.2) is 22.5 Å². The number of hydrogen-bond acceptors (Lipinski definition) is 6. The Bertz CT molecular complexity index is 1050. The molecule has 0 atom stereocenters. The van der Waals surface area contributed by atoms with Crippen molar-refractivity contribution in [1.82, 2.24) is 4.57 Å². The van der Waals surface area contributed by atoms with Crippen molar-refractivity contribution in [2.24, 2.45) is 4.99 Å². The number of carbonyl (C=O) groups is 1. The maximum Gasteiger partial charge on any atom is 0.433 e. The second kappa shape index (κ2) is 6.69. The number of rotatable bonds is 4. The number of thiazole rings is 1. The highest BCUT2D eigenvalue weighted by molar-refractivity contribution is 7.17. The number of hydrogen-bond donors (Lipinski definition) is 0. The van der Waals surface area contributed by atoms with Gasteiger partial charge in [0.15, 0.2) is 4.80 Å². The van der Waals surface area contributed by atoms with Crippen LogP contribution in [0.1, 0.15) is 17.5 Å². The molecule has 2 aromatic heterocycles. The molecular formula is C15H12ClN3O5S. The van der Waals surface area contributed by atoms with Gasteiger partial charge in [0.25, 0.3) is 0 Å². The van der Waals surface area contributed by atoms with Gasteiger partial charge in [-0.05, 0) is 25.1 Å². The van der Waals surface area contributed by atoms with Crippen LogP contribution in [0.3, 0.4) is 0 Å². The first-order chi connectivity index (χ1) is 12.0. The van der Waals surface area contributed by atoms with E-state index in [0.29, 0.717) is 22.1 Å². The van der Waals surface area contributed by atoms with Crippen LogP contribution in [0.25, 0.3) is 10.2 Å². The summed E-state index contributed by atoms with van der Waals surface area (Å²) in [5.41, 5.74) is 0.736. The third-order valence-electron chi connectivity index (χ3n) is 3.46. The number of amides is 1. The maximum absolute atomic E-state index is 12.3. The van der Waals surface area contributed by atoms with Crippen molar-refractivity contribution in [2.75, 3.05) is 7.11 Å². The van der Waals surface area contributed by atoms with Gasteiger partial charge in [-0.15, -0.1) is 0 Å². The Kier molecular flexibility index (Phi) is 4.60. The monoisotopic (exact) mass is 381 g/mol. The van der Waals surface area contributed by atoms with E-state index in [0.717, 1.165) is 16.3 Å². The van der Waals surface area contributed by atoms with Crippen molar-refractivity contribution in [3.8, 4) is 5.75 Å². The lowest BCUT2D eigenvalue weighted by molar-refractivity contribution is -0.402. The highest BCUT2D eigenvalue weighted by Crippen LogP contribution is 2.33. The van der Waals surface area contributed by atoms with Gasteiger partial charge in [0.05, 0.1) is 22.9 Å². The predicted molar refractivity (Wildman–Crippen MR) is 92.3 cm³/mol. The summed E-state index contributed by atoms with van der Waals surface area (Å²) in [6.07, 6.45) is 0. The van der Waals surface area contributed by atoms with Crippen LogP contribution in [0.2, 0.25) is 5.02 Å². The molecule has 0 spiro atoms. The van der Waals surface area contributed by atoms with Crippen molar-refractivity contribution >= 4 is 44.9 Å². The Labute approximate surface area is 150 Å². The second-order valence-electron chi connectivity index (χ2n) is 4.87. The molecule has 10 heteroatoms. The van der Waals surface area contributed by atoms with Crippen molar-refractivity contribution in [3.05, 3.63) is 50.0 Å². The fourth-order valence-electron chi connectivity index (χ4n) is 2.35. The van der Waals surface area contributed by atoms with E-state index in [1.165, 1.54) is 17.4 Å². The molecule has 0 radical (unpaired) electrons. The first kappa shape index (κ1) is 17.2. The molecule has 130 valence electrons. The summed E-state index contributed by atoms with van der Waals surface area (Å²) in [6, 6.07) is 5.79. The van der Waals surface area contributed by atoms with E-state index >= 15 is 0 Å². The smallest absolute Gasteiger partial charge is 0.433 e. The fraction of sp³-hybridized carbons (Fsp3) is 0.200. The zero-order valence-electron chi connectivity index (χ0n) is 13.2. The standard InChI is InChI=1S/C15H12ClN3O5S/c1-3-18-12-9(23-2)5-4-8(16)13(12)25-15(18)17-14(20)10-6-7-11(24-10)19(21)22/h4-7H,3H2,1-2H3. The molecular weight excluding hydrogens is 370 g/mol. The number of benzene rings is 1. The Balaban J connectivity index is 2.17. The average molecular weight is 382 g/mol. The molecule has 3 rings (SSSR count). The van der Waals surface area contributed by atoms with Crippen LogP contribution in [-0.2, 0) is 6.54 Å². The van der Waals surface area contributed by atoms with Crippen LogP contribution in [0.5, 0.6) is 5.75 Å². The number of carbonyl (C=O) groups excluding carboxylic acids is 1. The lowest BCUT2D eigenvalue weighted by Gasteiger charge is -2.06. The van der Waals surface area contributed by atoms with Gasteiger partial charge in [-0.2, -0.15) is 4.99 Å². The highest BCUT2D eigenvalue weighted by Gasteiger charge is 2.18. The molecule has 0 aliphatic heterocycles. The number of nitro groups is 1. The summed E-state index contributed by atoms with van der Waals surface area (Å²) >= 11 is 7.47. The molecule has 0 aliphatic rings. The second-order valence-corrected chi connectivity index (χ2v) is 6.25. The zero-order chi connectivity index (χ0) is 18.1. The number of nitrogens with zero attached hydrogens (tertiary/aromatic N) is 3. The lowest BCUT2D eigenvalue weighted by Crippen LogP contribution is -2.16. The molecule has 0 bridgehead atoms. The number of fused-ring (bicyclic) bond motifs is 1. The van der Waals surface area contributed by atoms with E-state index in [4.69, 9.17) is 20.8 Å². The van der Waals surface area contributed by atoms with Gasteiger partial charge in [-0.3, -0.25) is 14.9 Å². The number of aromatic nitrogens is 1. The van der Waals surface area contributed by atoms with E-state index in [2.05, 4.69) is 4.99 Å². The predicted octanol–water partition coefficient (Wildman–Crippen LogP) is 3.63. The van der Waals surface area contributed by atoms with E-state index in [-0.39, 0.29) is 5.76 Å². The summed E-state index contributed by atoms with van der Waals surface area (Å²) in [4.78, 5) is 26.7. The summed E-state index contributed by atoms with van der Waals surface area (Å²) in [7, 11) is 1.55. The molecule has 8 nitrogen and oxygen atoms in total. The van der Waals surface area contributed by atoms with E-state index in [1.807, 2.05) is 6.92 Å². The van der Waals surface area contributed by atoms with E-state index < -0.39 is 16.7 Å². The minimum absolute atomic E-state index is 0.204. The lowest BCUT2D eigenvalue weighted by atomic mass is 10.3. The quantitative estimate of drug-likeness (QED) is 0.507. The molecule has 0 saturated carbocycles. The maximum atomic E-state index is 12.3. The zero-order valence-corrected chi connectivity index (χ0v) is 14.8. The molecule has 25 heavy (non-hydrogen) atoms. The van der Waals surface area contributed by atoms with Gasteiger partial charge in [0.1, 0.15) is 16.2 Å². The molecule has 3 aromatic rings. The molecule has 0 saturated heterocycles. The Morgan fingerprint density at radius 1 is 1.44 bits per heavy atom. The normalized spacial score (nSPS) is 11.9. The largest absolute Gasteiger partial charge is 0.495 e. The molecule has 0 unspecified atom stereocenters. The summed E-state index contributed by atoms with van der Waals surface area (Å²) < 4.78 is 12.8. The molecule has 1 amide bonds. The minimum atomic E-state index is -0.715. The summed E-state index contributed by atoms with van der Waals surface area (Å²) in [6.45, 7) is 2.43. The van der Waals surface area contributed by atoms with Gasteiger partial charge in [-0.25, -0.2) is 0 Å². The highest BCUT2D eigenvalue weighted by atomic mass is 35.5. The molecule has 2 heterocycles. The van der Waals surface area contributed by atoms with Crippen LogP contribution >= 0.6 is 22.9 Å². The molecule has 0 fully saturated rings. The Hall–Kier alpha value is -2.65. The first-order valence-corrected chi connectivity index (χ1v) is 8.34. The molecule has 1 aromatic carbocycles. The van der Waals surface area contributed by atoms with Gasteiger partial charge in [-0.1, -0.05) is 22.9 Å². The van der Waals surface area contributed by atoms with Gasteiger partial charge < -0.3 is 13.7 Å². The number of halogens is 1. The van der Waals surface area contributed by atoms with Crippen molar-refractivity contribution in [1.29, 1.82) is 0 Å². The number of furan rings is 1. The summed E-state index contributed by atoms with van der Waals surface area (Å²) in [5, 5.41) is 11.2. The average Bonchev–Trinajstić information content (AvgIpc) is 3.20. The van der Waals surface area contributed by atoms with Crippen molar-refractivity contribution in [2.45, 2.75) is 13.5 Å². The molecule has 0 aliphatic carbocycles. The van der Waals surface area contributed by atoms with Crippen LogP contribution in [0.4, 0.5) is 5.88 Å². The van der Waals surface area contributed by atoms with E-state index in [9.17, 15) is 14.9 Å². The third kappa shape index (κ3) is 3.03. The topological polar surface area (TPSA) is 99.9 Å². The van der Waals surface area contributed by atoms with Gasteiger partial charge >= 0.3 is 11.8 Å². The Morgan fingerprint density at radius 2 is 2.20 bits per heavy atom. The van der Waals surface area contributed by atoms with Crippen LogP contribution in [0.15, 0.2) is 33.7 Å². The molecule has 0 N–H and O–H groups in total. The van der Waals surface area contributed by atoms with Crippen molar-refractivity contribution < 1.29 is 18.9 Å². The fourth-order valence-corrected chi connectivity index (χ4v) is 3.73. The summed E-state index contributed by atoms with van der Waals surface area (Å²) in [5.74, 6) is -0.815. The van der Waals surface area contributed by atoms with Crippen LogP contribution in [0, 0.1) is 10.1 Å². The Morgan fingerprint density at radius 3 is 2.80 bits per heavy atom. The number of ether oxygens (including phenoxy) is 1.